The minimum Gasteiger partial charge on any atom is -0.366 e. The van der Waals surface area contributed by atoms with Crippen molar-refractivity contribution in [2.75, 3.05) is 6.54 Å². The van der Waals surface area contributed by atoms with Crippen molar-refractivity contribution in [1.29, 1.82) is 0 Å². The lowest BCUT2D eigenvalue weighted by atomic mass is 10.1. The first-order valence-electron chi connectivity index (χ1n) is 5.25. The molecule has 0 aromatic heterocycles. The lowest BCUT2D eigenvalue weighted by molar-refractivity contribution is 0.1000. The van der Waals surface area contributed by atoms with Crippen LogP contribution in [0.2, 0.25) is 0 Å². The first-order chi connectivity index (χ1) is 7.54. The van der Waals surface area contributed by atoms with Gasteiger partial charge in [0.1, 0.15) is 0 Å². The summed E-state index contributed by atoms with van der Waals surface area (Å²) in [4.78, 5) is 11.0. The van der Waals surface area contributed by atoms with Crippen LogP contribution in [-0.4, -0.2) is 17.7 Å². The molecule has 16 heavy (non-hydrogen) atoms. The van der Waals surface area contributed by atoms with Gasteiger partial charge in [-0.3, -0.25) is 4.79 Å². The average Bonchev–Trinajstić information content (AvgIpc) is 2.26. The Morgan fingerprint density at radius 3 is 2.69 bits per heavy atom. The Balaban J connectivity index is 2.72. The Morgan fingerprint density at radius 1 is 1.50 bits per heavy atom. The standard InChI is InChI=1S/C12H18N2OS/c1-8-5-10(12(14)15)3-4-11(8)7-16-9(2)6-13/h3-5,9H,6-7,13H2,1-2H3,(H2,14,15). The molecular formula is C12H18N2OS. The zero-order chi connectivity index (χ0) is 12.1. The van der Waals surface area contributed by atoms with Crippen LogP contribution in [0.1, 0.15) is 28.4 Å². The predicted octanol–water partition coefficient (Wildman–Crippen LogP) is 1.67. The number of hydrogen-bond donors (Lipinski definition) is 2. The van der Waals surface area contributed by atoms with Crippen LogP contribution in [0.25, 0.3) is 0 Å². The van der Waals surface area contributed by atoms with E-state index in [9.17, 15) is 4.79 Å². The van der Waals surface area contributed by atoms with Crippen molar-refractivity contribution in [2.45, 2.75) is 24.9 Å². The molecule has 4 heteroatoms. The van der Waals surface area contributed by atoms with E-state index in [0.717, 1.165) is 11.3 Å². The number of benzene rings is 1. The Bertz CT molecular complexity index is 379. The van der Waals surface area contributed by atoms with Gasteiger partial charge in [0.05, 0.1) is 0 Å². The maximum absolute atomic E-state index is 11.0. The molecule has 0 aliphatic heterocycles. The first kappa shape index (κ1) is 13.1. The fourth-order valence-corrected chi connectivity index (χ4v) is 2.24. The smallest absolute Gasteiger partial charge is 0.248 e. The molecule has 0 saturated carbocycles. The molecule has 0 bridgehead atoms. The molecule has 0 fully saturated rings. The van der Waals surface area contributed by atoms with Gasteiger partial charge in [0, 0.05) is 23.1 Å². The third-order valence-corrected chi connectivity index (χ3v) is 3.72. The van der Waals surface area contributed by atoms with Gasteiger partial charge in [-0.15, -0.1) is 0 Å². The van der Waals surface area contributed by atoms with E-state index in [1.54, 1.807) is 6.07 Å². The normalized spacial score (nSPS) is 12.4. The second-order valence-corrected chi connectivity index (χ2v) is 5.29. The summed E-state index contributed by atoms with van der Waals surface area (Å²) in [5, 5.41) is 0.454. The van der Waals surface area contributed by atoms with Crippen molar-refractivity contribution < 1.29 is 4.79 Å². The topological polar surface area (TPSA) is 69.1 Å². The van der Waals surface area contributed by atoms with Gasteiger partial charge in [0.2, 0.25) is 5.91 Å². The molecule has 1 rings (SSSR count). The van der Waals surface area contributed by atoms with Gasteiger partial charge < -0.3 is 11.5 Å². The fourth-order valence-electron chi connectivity index (χ4n) is 1.31. The minimum absolute atomic E-state index is 0.377. The largest absolute Gasteiger partial charge is 0.366 e. The molecule has 0 aliphatic carbocycles. The van der Waals surface area contributed by atoms with E-state index in [-0.39, 0.29) is 5.91 Å². The molecule has 88 valence electrons. The molecule has 1 unspecified atom stereocenters. The average molecular weight is 238 g/mol. The van der Waals surface area contributed by atoms with Crippen LogP contribution >= 0.6 is 11.8 Å². The summed E-state index contributed by atoms with van der Waals surface area (Å²) >= 11 is 1.82. The van der Waals surface area contributed by atoms with Gasteiger partial charge in [0.15, 0.2) is 0 Å². The number of hydrogen-bond acceptors (Lipinski definition) is 3. The molecule has 4 N–H and O–H groups in total. The predicted molar refractivity (Wildman–Crippen MR) is 69.5 cm³/mol. The van der Waals surface area contributed by atoms with Crippen LogP contribution < -0.4 is 11.5 Å². The highest BCUT2D eigenvalue weighted by Gasteiger charge is 2.06. The monoisotopic (exact) mass is 238 g/mol. The highest BCUT2D eigenvalue weighted by Crippen LogP contribution is 2.20. The zero-order valence-electron chi connectivity index (χ0n) is 9.69. The van der Waals surface area contributed by atoms with Gasteiger partial charge in [-0.1, -0.05) is 13.0 Å². The fraction of sp³-hybridized carbons (Fsp3) is 0.417. The minimum atomic E-state index is -0.377. The van der Waals surface area contributed by atoms with Crippen molar-refractivity contribution in [3.05, 3.63) is 34.9 Å². The van der Waals surface area contributed by atoms with E-state index in [4.69, 9.17) is 11.5 Å². The van der Waals surface area contributed by atoms with Gasteiger partial charge in [-0.25, -0.2) is 0 Å². The highest BCUT2D eigenvalue weighted by molar-refractivity contribution is 7.99. The van der Waals surface area contributed by atoms with E-state index in [1.165, 1.54) is 5.56 Å². The van der Waals surface area contributed by atoms with Crippen molar-refractivity contribution in [2.24, 2.45) is 11.5 Å². The quantitative estimate of drug-likeness (QED) is 0.820. The zero-order valence-corrected chi connectivity index (χ0v) is 10.5. The molecule has 0 aliphatic rings. The van der Waals surface area contributed by atoms with Crippen molar-refractivity contribution in [1.82, 2.24) is 0 Å². The Hall–Kier alpha value is -1.000. The van der Waals surface area contributed by atoms with E-state index in [0.29, 0.717) is 17.4 Å². The summed E-state index contributed by atoms with van der Waals surface area (Å²) in [5.74, 6) is 0.543. The Labute approximate surface area is 101 Å². The molecule has 0 heterocycles. The van der Waals surface area contributed by atoms with E-state index < -0.39 is 0 Å². The highest BCUT2D eigenvalue weighted by atomic mass is 32.2. The molecule has 0 spiro atoms. The number of thioether (sulfide) groups is 1. The second-order valence-electron chi connectivity index (χ2n) is 3.86. The van der Waals surface area contributed by atoms with Crippen molar-refractivity contribution >= 4 is 17.7 Å². The number of aryl methyl sites for hydroxylation is 1. The molecule has 1 aromatic carbocycles. The summed E-state index contributed by atoms with van der Waals surface area (Å²) in [5.41, 5.74) is 13.7. The molecule has 0 saturated heterocycles. The number of carbonyl (C=O) groups is 1. The summed E-state index contributed by atoms with van der Waals surface area (Å²) in [6.45, 7) is 4.79. The van der Waals surface area contributed by atoms with Crippen LogP contribution in [0.15, 0.2) is 18.2 Å². The van der Waals surface area contributed by atoms with Crippen LogP contribution in [-0.2, 0) is 5.75 Å². The van der Waals surface area contributed by atoms with Crippen LogP contribution in [0, 0.1) is 6.92 Å². The number of amides is 1. The van der Waals surface area contributed by atoms with Crippen LogP contribution in [0.5, 0.6) is 0 Å². The van der Waals surface area contributed by atoms with Crippen molar-refractivity contribution in [3.63, 3.8) is 0 Å². The Morgan fingerprint density at radius 2 is 2.19 bits per heavy atom. The number of carbonyl (C=O) groups excluding carboxylic acids is 1. The van der Waals surface area contributed by atoms with Gasteiger partial charge >= 0.3 is 0 Å². The maximum atomic E-state index is 11.0. The van der Waals surface area contributed by atoms with E-state index in [2.05, 4.69) is 6.92 Å². The third-order valence-electron chi connectivity index (χ3n) is 2.48. The number of primary amides is 1. The maximum Gasteiger partial charge on any atom is 0.248 e. The molecule has 1 aromatic rings. The lowest BCUT2D eigenvalue weighted by Gasteiger charge is -2.10. The van der Waals surface area contributed by atoms with Crippen LogP contribution in [0.3, 0.4) is 0 Å². The molecule has 3 nitrogen and oxygen atoms in total. The van der Waals surface area contributed by atoms with E-state index in [1.807, 2.05) is 30.8 Å². The summed E-state index contributed by atoms with van der Waals surface area (Å²) in [7, 11) is 0. The number of nitrogens with two attached hydrogens (primary N) is 2. The van der Waals surface area contributed by atoms with Gasteiger partial charge in [0.25, 0.3) is 0 Å². The number of rotatable bonds is 5. The first-order valence-corrected chi connectivity index (χ1v) is 6.30. The van der Waals surface area contributed by atoms with Crippen molar-refractivity contribution in [3.8, 4) is 0 Å². The third kappa shape index (κ3) is 3.54. The molecule has 1 atom stereocenters. The Kier molecular flexibility index (Phi) is 4.83. The lowest BCUT2D eigenvalue weighted by Crippen LogP contribution is -2.13. The summed E-state index contributed by atoms with van der Waals surface area (Å²) in [6.07, 6.45) is 0. The summed E-state index contributed by atoms with van der Waals surface area (Å²) < 4.78 is 0. The van der Waals surface area contributed by atoms with E-state index >= 15 is 0 Å². The summed E-state index contributed by atoms with van der Waals surface area (Å²) in [6, 6.07) is 5.58. The molecule has 1 amide bonds. The SMILES string of the molecule is Cc1cc(C(N)=O)ccc1CSC(C)CN. The second kappa shape index (κ2) is 5.92. The van der Waals surface area contributed by atoms with Crippen LogP contribution in [0.4, 0.5) is 0 Å². The molecule has 0 radical (unpaired) electrons. The van der Waals surface area contributed by atoms with Gasteiger partial charge in [-0.2, -0.15) is 11.8 Å². The van der Waals surface area contributed by atoms with Gasteiger partial charge in [-0.05, 0) is 30.2 Å². The molecular weight excluding hydrogens is 220 g/mol.